The first kappa shape index (κ1) is 23.9. The number of hydrogen-bond acceptors (Lipinski definition) is 2. The average Bonchev–Trinajstić information content (AvgIpc) is 2.37. The van der Waals surface area contributed by atoms with Crippen molar-refractivity contribution < 1.29 is 9.96 Å². The van der Waals surface area contributed by atoms with Crippen molar-refractivity contribution in [2.24, 2.45) is 0 Å². The molecule has 0 aromatic heterocycles. The first-order chi connectivity index (χ1) is 8.24. The largest absolute Gasteiger partial charge is 0.870 e. The smallest absolute Gasteiger partial charge is 0.0786 e. The molecule has 3 nitrogen and oxygen atoms in total. The molecule has 0 heterocycles. The second kappa shape index (κ2) is 15.9. The van der Waals surface area contributed by atoms with Crippen molar-refractivity contribution in [2.45, 2.75) is 79.1 Å². The van der Waals surface area contributed by atoms with Gasteiger partial charge in [-0.05, 0) is 25.7 Å². The first-order valence-corrected chi connectivity index (χ1v) is 8.09. The van der Waals surface area contributed by atoms with Crippen molar-refractivity contribution in [3.05, 3.63) is 0 Å². The molecule has 0 saturated heterocycles. The van der Waals surface area contributed by atoms with Gasteiger partial charge in [0.05, 0.1) is 26.2 Å². The summed E-state index contributed by atoms with van der Waals surface area (Å²) in [5.74, 6) is 0. The molecular formula is C16H40N2O. The number of rotatable bonds is 12. The summed E-state index contributed by atoms with van der Waals surface area (Å²) in [6.07, 6.45) is 11.1. The van der Waals surface area contributed by atoms with Crippen molar-refractivity contribution in [1.29, 1.82) is 0 Å². The lowest BCUT2D eigenvalue weighted by atomic mass is 10.1. The van der Waals surface area contributed by atoms with E-state index in [2.05, 4.69) is 27.7 Å². The van der Waals surface area contributed by atoms with Gasteiger partial charge in [-0.3, -0.25) is 0 Å². The van der Waals surface area contributed by atoms with Crippen LogP contribution in [0.4, 0.5) is 0 Å². The molecule has 0 amide bonds. The van der Waals surface area contributed by atoms with Gasteiger partial charge in [-0.25, -0.2) is 0 Å². The molecule has 0 unspecified atom stereocenters. The van der Waals surface area contributed by atoms with Crippen molar-refractivity contribution in [2.75, 3.05) is 26.2 Å². The maximum atomic E-state index is 2.33. The molecule has 0 aromatic rings. The molecule has 19 heavy (non-hydrogen) atoms. The predicted molar refractivity (Wildman–Crippen MR) is 86.3 cm³/mol. The minimum Gasteiger partial charge on any atom is -0.870 e. The Bertz CT molecular complexity index is 125. The first-order valence-electron chi connectivity index (χ1n) is 8.09. The van der Waals surface area contributed by atoms with Gasteiger partial charge in [0, 0.05) is 0 Å². The zero-order chi connectivity index (χ0) is 13.0. The highest BCUT2D eigenvalue weighted by atomic mass is 16.0. The quantitative estimate of drug-likeness (QED) is 0.510. The summed E-state index contributed by atoms with van der Waals surface area (Å²) in [6.45, 7) is 15.0. The molecule has 0 aliphatic carbocycles. The normalized spacial score (nSPS) is 10.7. The fraction of sp³-hybridized carbons (Fsp3) is 1.00. The highest BCUT2D eigenvalue weighted by molar-refractivity contribution is 4.49. The Kier molecular flexibility index (Phi) is 20.1. The maximum absolute atomic E-state index is 2.33. The van der Waals surface area contributed by atoms with Crippen LogP contribution in [-0.4, -0.2) is 36.1 Å². The van der Waals surface area contributed by atoms with Gasteiger partial charge in [-0.2, -0.15) is 0 Å². The molecule has 0 rings (SSSR count). The zero-order valence-electron chi connectivity index (χ0n) is 14.1. The molecule has 0 aromatic carbocycles. The molecule has 0 bridgehead atoms. The summed E-state index contributed by atoms with van der Waals surface area (Å²) in [5, 5.41) is 0. The average molecular weight is 277 g/mol. The van der Waals surface area contributed by atoms with Crippen LogP contribution in [0.3, 0.4) is 0 Å². The van der Waals surface area contributed by atoms with Crippen molar-refractivity contribution in [1.82, 2.24) is 6.15 Å². The van der Waals surface area contributed by atoms with E-state index in [1.165, 1.54) is 82.0 Å². The molecule has 0 aliphatic rings. The third kappa shape index (κ3) is 11.4. The molecular weight excluding hydrogens is 236 g/mol. The molecule has 3 heteroatoms. The number of unbranched alkanes of at least 4 members (excludes halogenated alkanes) is 4. The monoisotopic (exact) mass is 276 g/mol. The topological polar surface area (TPSA) is 65.0 Å². The Hall–Kier alpha value is -0.120. The van der Waals surface area contributed by atoms with Crippen LogP contribution in [0.15, 0.2) is 0 Å². The lowest BCUT2D eigenvalue weighted by molar-refractivity contribution is -0.929. The van der Waals surface area contributed by atoms with Crippen LogP contribution in [0, 0.1) is 0 Å². The number of quaternary nitrogens is 1. The van der Waals surface area contributed by atoms with Crippen LogP contribution < -0.4 is 6.15 Å². The van der Waals surface area contributed by atoms with Crippen LogP contribution in [0.1, 0.15) is 79.1 Å². The fourth-order valence-corrected chi connectivity index (χ4v) is 2.64. The molecule has 0 saturated carbocycles. The Balaban J connectivity index is -0.00000128. The third-order valence-corrected chi connectivity index (χ3v) is 3.94. The number of nitrogens with zero attached hydrogens (tertiary/aromatic N) is 1. The summed E-state index contributed by atoms with van der Waals surface area (Å²) in [4.78, 5) is 0. The van der Waals surface area contributed by atoms with Gasteiger partial charge in [0.25, 0.3) is 0 Å². The summed E-state index contributed by atoms with van der Waals surface area (Å²) in [5.41, 5.74) is 0. The van der Waals surface area contributed by atoms with Crippen molar-refractivity contribution in [3.8, 4) is 0 Å². The minimum atomic E-state index is 0. The predicted octanol–water partition coefficient (Wildman–Crippen LogP) is 4.99. The van der Waals surface area contributed by atoms with E-state index in [1.807, 2.05) is 0 Å². The lowest BCUT2D eigenvalue weighted by Crippen LogP contribution is -2.50. The van der Waals surface area contributed by atoms with Crippen LogP contribution in [0.2, 0.25) is 0 Å². The third-order valence-electron chi connectivity index (χ3n) is 3.94. The Morgan fingerprint density at radius 2 is 0.737 bits per heavy atom. The second-order valence-corrected chi connectivity index (χ2v) is 5.65. The Morgan fingerprint density at radius 3 is 0.895 bits per heavy atom. The Labute approximate surface area is 122 Å². The molecule has 0 aliphatic heterocycles. The van der Waals surface area contributed by atoms with E-state index < -0.39 is 0 Å². The minimum absolute atomic E-state index is 0. The molecule has 0 radical (unpaired) electrons. The summed E-state index contributed by atoms with van der Waals surface area (Å²) >= 11 is 0. The Morgan fingerprint density at radius 1 is 0.526 bits per heavy atom. The molecule has 0 atom stereocenters. The van der Waals surface area contributed by atoms with Gasteiger partial charge < -0.3 is 16.1 Å². The van der Waals surface area contributed by atoms with Crippen LogP contribution >= 0.6 is 0 Å². The van der Waals surface area contributed by atoms with Gasteiger partial charge >= 0.3 is 0 Å². The standard InChI is InChI=1S/C16H36N.H3N.H2O/c1-5-9-13-17(14-10-6-2,15-11-7-3)16-12-8-4;;/h5-16H2,1-4H3;1H3;1H2/q+1;;/p-1. The van der Waals surface area contributed by atoms with E-state index in [-0.39, 0.29) is 11.6 Å². The summed E-state index contributed by atoms with van der Waals surface area (Å²) in [6, 6.07) is 0. The lowest BCUT2D eigenvalue weighted by Gasteiger charge is -2.39. The van der Waals surface area contributed by atoms with E-state index in [0.29, 0.717) is 0 Å². The molecule has 4 N–H and O–H groups in total. The fourth-order valence-electron chi connectivity index (χ4n) is 2.64. The molecule has 0 fully saturated rings. The van der Waals surface area contributed by atoms with E-state index in [0.717, 1.165) is 0 Å². The van der Waals surface area contributed by atoms with Gasteiger partial charge in [-0.15, -0.1) is 0 Å². The maximum Gasteiger partial charge on any atom is 0.0786 e. The van der Waals surface area contributed by atoms with E-state index in [4.69, 9.17) is 0 Å². The van der Waals surface area contributed by atoms with Gasteiger partial charge in [-0.1, -0.05) is 53.4 Å². The SMILES string of the molecule is CCCC[N+](CCCC)(CCCC)CCCC.N.[OH-]. The van der Waals surface area contributed by atoms with E-state index >= 15 is 0 Å². The number of hydrogen-bond donors (Lipinski definition) is 1. The van der Waals surface area contributed by atoms with Gasteiger partial charge in [0.1, 0.15) is 0 Å². The van der Waals surface area contributed by atoms with Crippen LogP contribution in [0.25, 0.3) is 0 Å². The molecule has 0 spiro atoms. The molecule has 120 valence electrons. The van der Waals surface area contributed by atoms with Gasteiger partial charge in [0.15, 0.2) is 0 Å². The highest BCUT2D eigenvalue weighted by Gasteiger charge is 2.24. The van der Waals surface area contributed by atoms with Crippen LogP contribution in [-0.2, 0) is 0 Å². The van der Waals surface area contributed by atoms with Crippen LogP contribution in [0.5, 0.6) is 0 Å². The zero-order valence-corrected chi connectivity index (χ0v) is 14.1. The van der Waals surface area contributed by atoms with Crippen molar-refractivity contribution >= 4 is 0 Å². The van der Waals surface area contributed by atoms with E-state index in [9.17, 15) is 0 Å². The summed E-state index contributed by atoms with van der Waals surface area (Å²) in [7, 11) is 0. The highest BCUT2D eigenvalue weighted by Crippen LogP contribution is 2.16. The van der Waals surface area contributed by atoms with Gasteiger partial charge in [0.2, 0.25) is 0 Å². The van der Waals surface area contributed by atoms with Crippen molar-refractivity contribution in [3.63, 3.8) is 0 Å². The second-order valence-electron chi connectivity index (χ2n) is 5.65. The summed E-state index contributed by atoms with van der Waals surface area (Å²) < 4.78 is 1.42. The van der Waals surface area contributed by atoms with E-state index in [1.54, 1.807) is 0 Å².